The Balaban J connectivity index is 1.35. The summed E-state index contributed by atoms with van der Waals surface area (Å²) in [5.74, 6) is 1.39. The number of carbonyl (C=O) groups is 1. The van der Waals surface area contributed by atoms with E-state index in [2.05, 4.69) is 30.0 Å². The van der Waals surface area contributed by atoms with Crippen LogP contribution in [0.15, 0.2) is 60.9 Å². The number of nitrogens with zero attached hydrogens (tertiary/aromatic N) is 7. The summed E-state index contributed by atoms with van der Waals surface area (Å²) in [4.78, 5) is 27.2. The summed E-state index contributed by atoms with van der Waals surface area (Å²) in [6, 6.07) is 15.3. The van der Waals surface area contributed by atoms with Crippen molar-refractivity contribution in [1.29, 1.82) is 0 Å². The van der Waals surface area contributed by atoms with Gasteiger partial charge in [0.05, 0.1) is 0 Å². The lowest BCUT2D eigenvalue weighted by molar-refractivity contribution is 0.0778. The van der Waals surface area contributed by atoms with E-state index in [0.717, 1.165) is 43.5 Å². The zero-order valence-electron chi connectivity index (χ0n) is 16.3. The van der Waals surface area contributed by atoms with E-state index in [1.54, 1.807) is 30.4 Å². The van der Waals surface area contributed by atoms with E-state index in [4.69, 9.17) is 0 Å². The molecule has 1 aliphatic heterocycles. The van der Waals surface area contributed by atoms with Gasteiger partial charge in [-0.2, -0.15) is 0 Å². The number of anilines is 2. The molecule has 1 amide bonds. The Morgan fingerprint density at radius 2 is 1.59 bits per heavy atom. The summed E-state index contributed by atoms with van der Waals surface area (Å²) >= 11 is 0. The van der Waals surface area contributed by atoms with Crippen LogP contribution in [0.5, 0.6) is 0 Å². The summed E-state index contributed by atoms with van der Waals surface area (Å²) in [7, 11) is 1.77. The molecule has 0 aliphatic carbocycles. The third-order valence-corrected chi connectivity index (χ3v) is 4.92. The lowest BCUT2D eigenvalue weighted by Crippen LogP contribution is -2.47. The molecule has 4 rings (SSSR count). The van der Waals surface area contributed by atoms with Crippen molar-refractivity contribution in [3.8, 4) is 0 Å². The molecule has 0 N–H and O–H groups in total. The number of benzene rings is 1. The molecule has 148 valence electrons. The molecule has 0 atom stereocenters. The van der Waals surface area contributed by atoms with E-state index in [1.165, 1.54) is 0 Å². The van der Waals surface area contributed by atoms with Gasteiger partial charge in [0, 0.05) is 52.2 Å². The van der Waals surface area contributed by atoms with Crippen LogP contribution in [0.25, 0.3) is 0 Å². The number of rotatable bonds is 5. The van der Waals surface area contributed by atoms with Gasteiger partial charge in [0.15, 0.2) is 11.5 Å². The van der Waals surface area contributed by atoms with Gasteiger partial charge in [-0.25, -0.2) is 9.97 Å². The zero-order valence-corrected chi connectivity index (χ0v) is 16.3. The minimum absolute atomic E-state index is 0.140. The lowest BCUT2D eigenvalue weighted by Gasteiger charge is -2.35. The summed E-state index contributed by atoms with van der Waals surface area (Å²) in [6.45, 7) is 3.76. The SMILES string of the molecule is CN(Cc1ccccc1)C(=O)c1ccc(N2CCN(c3ncccn3)CC2)nn1. The van der Waals surface area contributed by atoms with Gasteiger partial charge in [0.2, 0.25) is 5.95 Å². The second-order valence-corrected chi connectivity index (χ2v) is 6.95. The molecule has 29 heavy (non-hydrogen) atoms. The van der Waals surface area contributed by atoms with E-state index in [-0.39, 0.29) is 5.91 Å². The third-order valence-electron chi connectivity index (χ3n) is 4.92. The molecule has 1 saturated heterocycles. The van der Waals surface area contributed by atoms with Crippen LogP contribution < -0.4 is 9.80 Å². The highest BCUT2D eigenvalue weighted by molar-refractivity contribution is 5.92. The number of hydrogen-bond acceptors (Lipinski definition) is 7. The minimum Gasteiger partial charge on any atom is -0.352 e. The number of carbonyl (C=O) groups excluding carboxylic acids is 1. The Morgan fingerprint density at radius 1 is 0.897 bits per heavy atom. The average Bonchev–Trinajstić information content (AvgIpc) is 2.80. The molecule has 0 spiro atoms. The first-order valence-electron chi connectivity index (χ1n) is 9.61. The lowest BCUT2D eigenvalue weighted by atomic mass is 10.2. The van der Waals surface area contributed by atoms with E-state index < -0.39 is 0 Å². The molecule has 0 unspecified atom stereocenters. The van der Waals surface area contributed by atoms with Gasteiger partial charge in [-0.05, 0) is 23.8 Å². The van der Waals surface area contributed by atoms with E-state index in [9.17, 15) is 4.79 Å². The first kappa shape index (κ1) is 18.8. The Hall–Kier alpha value is -3.55. The first-order valence-corrected chi connectivity index (χ1v) is 9.61. The fraction of sp³-hybridized carbons (Fsp3) is 0.286. The molecule has 3 aromatic rings. The van der Waals surface area contributed by atoms with Gasteiger partial charge in [0.1, 0.15) is 0 Å². The van der Waals surface area contributed by atoms with Gasteiger partial charge < -0.3 is 14.7 Å². The van der Waals surface area contributed by atoms with Crippen molar-refractivity contribution in [2.45, 2.75) is 6.54 Å². The van der Waals surface area contributed by atoms with E-state index in [1.807, 2.05) is 42.5 Å². The second-order valence-electron chi connectivity index (χ2n) is 6.95. The first-order chi connectivity index (χ1) is 14.2. The van der Waals surface area contributed by atoms with Gasteiger partial charge in [0.25, 0.3) is 5.91 Å². The van der Waals surface area contributed by atoms with Crippen LogP contribution in [0, 0.1) is 0 Å². The smallest absolute Gasteiger partial charge is 0.274 e. The van der Waals surface area contributed by atoms with Crippen LogP contribution in [0.2, 0.25) is 0 Å². The normalized spacial score (nSPS) is 14.0. The van der Waals surface area contributed by atoms with Crippen LogP contribution in [-0.4, -0.2) is 64.2 Å². The largest absolute Gasteiger partial charge is 0.352 e. The van der Waals surface area contributed by atoms with Crippen LogP contribution >= 0.6 is 0 Å². The van der Waals surface area contributed by atoms with Gasteiger partial charge >= 0.3 is 0 Å². The quantitative estimate of drug-likeness (QED) is 0.659. The predicted octanol–water partition coefficient (Wildman–Crippen LogP) is 1.87. The fourth-order valence-electron chi connectivity index (χ4n) is 3.32. The van der Waals surface area contributed by atoms with Gasteiger partial charge in [-0.15, -0.1) is 10.2 Å². The van der Waals surface area contributed by atoms with Crippen molar-refractivity contribution in [3.05, 3.63) is 72.2 Å². The van der Waals surface area contributed by atoms with Crippen molar-refractivity contribution in [3.63, 3.8) is 0 Å². The second kappa shape index (κ2) is 8.64. The van der Waals surface area contributed by atoms with Crippen LogP contribution in [0.3, 0.4) is 0 Å². The molecular weight excluding hydrogens is 366 g/mol. The van der Waals surface area contributed by atoms with Crippen LogP contribution in [0.4, 0.5) is 11.8 Å². The standard InChI is InChI=1S/C21H23N7O/c1-26(16-17-6-3-2-4-7-17)20(29)18-8-9-19(25-24-18)27-12-14-28(15-13-27)21-22-10-5-11-23-21/h2-11H,12-16H2,1H3. The highest BCUT2D eigenvalue weighted by Gasteiger charge is 2.21. The van der Waals surface area contributed by atoms with Crippen molar-refractivity contribution >= 4 is 17.7 Å². The van der Waals surface area contributed by atoms with Crippen molar-refractivity contribution in [2.24, 2.45) is 0 Å². The maximum Gasteiger partial charge on any atom is 0.274 e. The topological polar surface area (TPSA) is 78.4 Å². The Bertz CT molecular complexity index is 926. The summed E-state index contributed by atoms with van der Waals surface area (Å²) in [5, 5.41) is 8.46. The molecule has 3 heterocycles. The monoisotopic (exact) mass is 389 g/mol. The Kier molecular flexibility index (Phi) is 5.60. The van der Waals surface area contributed by atoms with E-state index >= 15 is 0 Å². The molecule has 8 nitrogen and oxygen atoms in total. The van der Waals surface area contributed by atoms with Crippen LogP contribution in [0.1, 0.15) is 16.1 Å². The molecule has 1 fully saturated rings. The molecule has 0 radical (unpaired) electrons. The van der Waals surface area contributed by atoms with Gasteiger partial charge in [-0.3, -0.25) is 4.79 Å². The molecule has 8 heteroatoms. The predicted molar refractivity (Wildman–Crippen MR) is 111 cm³/mol. The molecular formula is C21H23N7O. The highest BCUT2D eigenvalue weighted by Crippen LogP contribution is 2.16. The zero-order chi connectivity index (χ0) is 20.1. The number of aromatic nitrogens is 4. The van der Waals surface area contributed by atoms with Crippen molar-refractivity contribution in [1.82, 2.24) is 25.1 Å². The van der Waals surface area contributed by atoms with Gasteiger partial charge in [-0.1, -0.05) is 30.3 Å². The van der Waals surface area contributed by atoms with Crippen molar-refractivity contribution < 1.29 is 4.79 Å². The molecule has 1 aromatic carbocycles. The summed E-state index contributed by atoms with van der Waals surface area (Å²) in [6.07, 6.45) is 3.51. The van der Waals surface area contributed by atoms with E-state index in [0.29, 0.717) is 12.2 Å². The maximum absolute atomic E-state index is 12.6. The summed E-state index contributed by atoms with van der Waals surface area (Å²) < 4.78 is 0. The highest BCUT2D eigenvalue weighted by atomic mass is 16.2. The van der Waals surface area contributed by atoms with Crippen molar-refractivity contribution in [2.75, 3.05) is 43.0 Å². The van der Waals surface area contributed by atoms with Crippen LogP contribution in [-0.2, 0) is 6.54 Å². The third kappa shape index (κ3) is 4.48. The molecule has 0 bridgehead atoms. The number of piperazine rings is 1. The summed E-state index contributed by atoms with van der Waals surface area (Å²) in [5.41, 5.74) is 1.43. The fourth-order valence-corrected chi connectivity index (χ4v) is 3.32. The maximum atomic E-state index is 12.6. The minimum atomic E-state index is -0.140. The number of amides is 1. The molecule has 2 aromatic heterocycles. The Labute approximate surface area is 169 Å². The average molecular weight is 389 g/mol. The molecule has 0 saturated carbocycles. The molecule has 1 aliphatic rings. The number of hydrogen-bond donors (Lipinski definition) is 0. The Morgan fingerprint density at radius 3 is 2.24 bits per heavy atom.